The van der Waals surface area contributed by atoms with E-state index in [0.717, 1.165) is 33.3 Å². The molecule has 0 spiro atoms. The van der Waals surface area contributed by atoms with Crippen molar-refractivity contribution in [3.63, 3.8) is 0 Å². The van der Waals surface area contributed by atoms with Crippen molar-refractivity contribution in [2.45, 2.75) is 25.9 Å². The summed E-state index contributed by atoms with van der Waals surface area (Å²) in [6.07, 6.45) is 0. The quantitative estimate of drug-likeness (QED) is 0.198. The van der Waals surface area contributed by atoms with E-state index in [-0.39, 0.29) is 12.4 Å². The zero-order chi connectivity index (χ0) is 29.1. The Morgan fingerprint density at radius 1 is 0.902 bits per heavy atom. The zero-order valence-electron chi connectivity index (χ0n) is 23.5. The highest BCUT2D eigenvalue weighted by Crippen LogP contribution is 2.46. The Bertz CT molecular complexity index is 1690. The number of carbonyl (C=O) groups excluding carboxylic acids is 1. The summed E-state index contributed by atoms with van der Waals surface area (Å²) >= 11 is 0. The average Bonchev–Trinajstić information content (AvgIpc) is 3.37. The standard InChI is InChI=1S/C34H32FNO5/c1-34(2,21-37)32-30(23-13-15-24(16-14-23)33(38)40-4)31-27(36(32)25-17-18-26(35)29(19-25)39-3)11-8-12-28(31)41-20-22-9-6-5-7-10-22/h5-19,37H,20-21H2,1-4H3. The van der Waals surface area contributed by atoms with E-state index in [1.807, 2.05) is 79.1 Å². The molecule has 5 rings (SSSR count). The van der Waals surface area contributed by atoms with Gasteiger partial charge in [-0.1, -0.05) is 62.4 Å². The number of carbonyl (C=O) groups is 1. The Morgan fingerprint density at radius 3 is 2.29 bits per heavy atom. The molecule has 0 radical (unpaired) electrons. The van der Waals surface area contributed by atoms with Gasteiger partial charge in [-0.25, -0.2) is 9.18 Å². The van der Waals surface area contributed by atoms with E-state index in [1.54, 1.807) is 24.3 Å². The van der Waals surface area contributed by atoms with Crippen molar-refractivity contribution in [2.75, 3.05) is 20.8 Å². The first-order valence-corrected chi connectivity index (χ1v) is 13.3. The molecule has 0 bridgehead atoms. The molecule has 7 heteroatoms. The maximum absolute atomic E-state index is 14.5. The highest BCUT2D eigenvalue weighted by atomic mass is 19.1. The fourth-order valence-electron chi connectivity index (χ4n) is 5.11. The van der Waals surface area contributed by atoms with Crippen LogP contribution in [0.5, 0.6) is 11.5 Å². The molecule has 0 aliphatic rings. The van der Waals surface area contributed by atoms with Crippen LogP contribution in [0.25, 0.3) is 27.7 Å². The first-order valence-electron chi connectivity index (χ1n) is 13.3. The molecular formula is C34H32FNO5. The number of aliphatic hydroxyl groups excluding tert-OH is 1. The van der Waals surface area contributed by atoms with Gasteiger partial charge in [-0.2, -0.15) is 0 Å². The molecule has 41 heavy (non-hydrogen) atoms. The van der Waals surface area contributed by atoms with Crippen LogP contribution in [0, 0.1) is 5.82 Å². The average molecular weight is 554 g/mol. The summed E-state index contributed by atoms with van der Waals surface area (Å²) in [7, 11) is 2.78. The number of halogens is 1. The molecule has 0 fully saturated rings. The number of methoxy groups -OCH3 is 2. The van der Waals surface area contributed by atoms with Crippen LogP contribution in [0.2, 0.25) is 0 Å². The van der Waals surface area contributed by atoms with E-state index in [1.165, 1.54) is 20.3 Å². The topological polar surface area (TPSA) is 69.9 Å². The van der Waals surface area contributed by atoms with Crippen molar-refractivity contribution in [2.24, 2.45) is 0 Å². The van der Waals surface area contributed by atoms with Gasteiger partial charge in [0, 0.05) is 28.4 Å². The first kappa shape index (κ1) is 27.9. The lowest BCUT2D eigenvalue weighted by Crippen LogP contribution is -2.26. The van der Waals surface area contributed by atoms with Gasteiger partial charge in [-0.05, 0) is 47.5 Å². The van der Waals surface area contributed by atoms with Crippen LogP contribution in [-0.4, -0.2) is 36.5 Å². The fraction of sp³-hybridized carbons (Fsp3) is 0.206. The van der Waals surface area contributed by atoms with E-state index in [4.69, 9.17) is 14.2 Å². The van der Waals surface area contributed by atoms with E-state index >= 15 is 0 Å². The second-order valence-electron chi connectivity index (χ2n) is 10.4. The molecule has 6 nitrogen and oxygen atoms in total. The Kier molecular flexibility index (Phi) is 7.81. The highest BCUT2D eigenvalue weighted by Gasteiger charge is 2.33. The van der Waals surface area contributed by atoms with Crippen LogP contribution in [-0.2, 0) is 16.8 Å². The Balaban J connectivity index is 1.84. The fourth-order valence-corrected chi connectivity index (χ4v) is 5.11. The molecular weight excluding hydrogens is 521 g/mol. The number of fused-ring (bicyclic) bond motifs is 1. The Labute approximate surface area is 238 Å². The lowest BCUT2D eigenvalue weighted by Gasteiger charge is -2.27. The van der Waals surface area contributed by atoms with Gasteiger partial charge in [0.2, 0.25) is 0 Å². The second-order valence-corrected chi connectivity index (χ2v) is 10.4. The number of benzene rings is 4. The van der Waals surface area contributed by atoms with Gasteiger partial charge in [0.15, 0.2) is 11.6 Å². The number of esters is 1. The zero-order valence-corrected chi connectivity index (χ0v) is 23.5. The first-order chi connectivity index (χ1) is 19.8. The Morgan fingerprint density at radius 2 is 1.63 bits per heavy atom. The molecule has 0 unspecified atom stereocenters. The van der Waals surface area contributed by atoms with Crippen LogP contribution in [0.15, 0.2) is 91.0 Å². The maximum Gasteiger partial charge on any atom is 0.337 e. The van der Waals surface area contributed by atoms with Crippen LogP contribution in [0.1, 0.15) is 35.5 Å². The summed E-state index contributed by atoms with van der Waals surface area (Å²) < 4.78 is 33.2. The van der Waals surface area contributed by atoms with Gasteiger partial charge in [0.05, 0.1) is 37.3 Å². The van der Waals surface area contributed by atoms with Gasteiger partial charge >= 0.3 is 5.97 Å². The van der Waals surface area contributed by atoms with Gasteiger partial charge in [-0.15, -0.1) is 0 Å². The van der Waals surface area contributed by atoms with Gasteiger partial charge in [0.1, 0.15) is 12.4 Å². The third kappa shape index (κ3) is 5.28. The molecule has 1 N–H and O–H groups in total. The molecule has 5 aromatic rings. The van der Waals surface area contributed by atoms with Crippen LogP contribution in [0.4, 0.5) is 4.39 Å². The summed E-state index contributed by atoms with van der Waals surface area (Å²) in [6, 6.07) is 27.6. The SMILES string of the molecule is COC(=O)c1ccc(-c2c(C(C)(C)CO)n(-c3ccc(F)c(OC)c3)c3cccc(OCc4ccccc4)c23)cc1. The smallest absolute Gasteiger partial charge is 0.337 e. The normalized spacial score (nSPS) is 11.5. The summed E-state index contributed by atoms with van der Waals surface area (Å²) in [6.45, 7) is 4.11. The van der Waals surface area contributed by atoms with E-state index < -0.39 is 17.2 Å². The van der Waals surface area contributed by atoms with E-state index in [0.29, 0.717) is 23.6 Å². The summed E-state index contributed by atoms with van der Waals surface area (Å²) in [5.74, 6) is -0.139. The van der Waals surface area contributed by atoms with Gasteiger partial charge in [-0.3, -0.25) is 0 Å². The molecule has 0 saturated heterocycles. The summed E-state index contributed by atoms with van der Waals surface area (Å²) in [4.78, 5) is 12.2. The molecule has 0 atom stereocenters. The predicted octanol–water partition coefficient (Wildman–Crippen LogP) is 7.08. The number of aromatic nitrogens is 1. The lowest BCUT2D eigenvalue weighted by atomic mass is 9.84. The summed E-state index contributed by atoms with van der Waals surface area (Å²) in [5, 5.41) is 11.5. The summed E-state index contributed by atoms with van der Waals surface area (Å²) in [5.41, 5.74) is 4.64. The van der Waals surface area contributed by atoms with Crippen LogP contribution >= 0.6 is 0 Å². The van der Waals surface area contributed by atoms with Crippen molar-refractivity contribution in [3.05, 3.63) is 114 Å². The molecule has 0 aliphatic heterocycles. The lowest BCUT2D eigenvalue weighted by molar-refractivity contribution is 0.0600. The molecule has 1 heterocycles. The van der Waals surface area contributed by atoms with Crippen LogP contribution in [0.3, 0.4) is 0 Å². The van der Waals surface area contributed by atoms with Crippen molar-refractivity contribution in [1.29, 1.82) is 0 Å². The molecule has 4 aromatic carbocycles. The minimum absolute atomic E-state index is 0.109. The van der Waals surface area contributed by atoms with Gasteiger partial charge < -0.3 is 23.9 Å². The van der Waals surface area contributed by atoms with Crippen molar-refractivity contribution in [1.82, 2.24) is 4.57 Å². The number of ether oxygens (including phenoxy) is 3. The minimum Gasteiger partial charge on any atom is -0.494 e. The van der Waals surface area contributed by atoms with Crippen molar-refractivity contribution < 1.29 is 28.5 Å². The predicted molar refractivity (Wildman–Crippen MR) is 157 cm³/mol. The monoisotopic (exact) mass is 553 g/mol. The third-order valence-corrected chi connectivity index (χ3v) is 7.22. The number of hydrogen-bond acceptors (Lipinski definition) is 5. The number of aliphatic hydroxyl groups is 1. The van der Waals surface area contributed by atoms with Crippen LogP contribution < -0.4 is 9.47 Å². The molecule has 0 saturated carbocycles. The van der Waals surface area contributed by atoms with E-state index in [9.17, 15) is 14.3 Å². The third-order valence-electron chi connectivity index (χ3n) is 7.22. The molecule has 0 amide bonds. The molecule has 0 aliphatic carbocycles. The minimum atomic E-state index is -0.742. The number of rotatable bonds is 9. The maximum atomic E-state index is 14.5. The van der Waals surface area contributed by atoms with Crippen molar-refractivity contribution in [3.8, 4) is 28.3 Å². The van der Waals surface area contributed by atoms with E-state index in [2.05, 4.69) is 0 Å². The largest absolute Gasteiger partial charge is 0.494 e. The number of nitrogens with zero attached hydrogens (tertiary/aromatic N) is 1. The number of hydrogen-bond donors (Lipinski definition) is 1. The van der Waals surface area contributed by atoms with Gasteiger partial charge in [0.25, 0.3) is 0 Å². The van der Waals surface area contributed by atoms with Crippen molar-refractivity contribution >= 4 is 16.9 Å². The highest BCUT2D eigenvalue weighted by molar-refractivity contribution is 6.04. The molecule has 210 valence electrons. The second kappa shape index (κ2) is 11.5. The Hall–Kier alpha value is -4.62. The molecule has 1 aromatic heterocycles.